The number of hydrogen-bond acceptors (Lipinski definition) is 3. The van der Waals surface area contributed by atoms with Crippen LogP contribution in [0.1, 0.15) is 23.9 Å². The van der Waals surface area contributed by atoms with E-state index < -0.39 is 0 Å². The molecule has 2 heterocycles. The molecule has 1 N–H and O–H groups in total. The minimum atomic E-state index is -0.144. The zero-order valence-electron chi connectivity index (χ0n) is 17.5. The van der Waals surface area contributed by atoms with Gasteiger partial charge in [-0.1, -0.05) is 34.1 Å². The lowest BCUT2D eigenvalue weighted by Gasteiger charge is -2.28. The molecule has 1 aliphatic rings. The van der Waals surface area contributed by atoms with Crippen molar-refractivity contribution in [1.29, 1.82) is 0 Å². The van der Waals surface area contributed by atoms with E-state index in [0.717, 1.165) is 39.2 Å². The Labute approximate surface area is 189 Å². The number of halogens is 1. The molecule has 4 rings (SSSR count). The van der Waals surface area contributed by atoms with Gasteiger partial charge in [0.1, 0.15) is 0 Å². The number of para-hydroxylation sites is 1. The minimum Gasteiger partial charge on any atom is -0.320 e. The molecule has 0 bridgehead atoms. The SMILES string of the molecule is CC(=O)N(Cc1nn(C)c2c1CN(C(=O)Nc1ccc(Br)cc1)CC2)c1ccccc1. The molecule has 0 saturated carbocycles. The standard InChI is InChI=1S/C23H24BrN5O2/c1-16(30)29(19-6-4-3-5-7-19)15-21-20-14-28(13-12-22(20)27(2)26-21)23(31)25-18-10-8-17(24)9-11-18/h3-11H,12-15H2,1-2H3,(H,25,31). The number of aromatic nitrogens is 2. The van der Waals surface area contributed by atoms with Crippen molar-refractivity contribution in [3.63, 3.8) is 0 Å². The number of nitrogens with zero attached hydrogens (tertiary/aromatic N) is 4. The van der Waals surface area contributed by atoms with Crippen LogP contribution in [-0.2, 0) is 31.4 Å². The first-order chi connectivity index (χ1) is 14.9. The van der Waals surface area contributed by atoms with Crippen LogP contribution in [0.15, 0.2) is 59.1 Å². The number of aryl methyl sites for hydroxylation is 1. The number of benzene rings is 2. The van der Waals surface area contributed by atoms with E-state index in [-0.39, 0.29) is 11.9 Å². The number of carbonyl (C=O) groups is 2. The topological polar surface area (TPSA) is 70.5 Å². The number of urea groups is 1. The van der Waals surface area contributed by atoms with Gasteiger partial charge in [0.15, 0.2) is 0 Å². The molecule has 0 atom stereocenters. The van der Waals surface area contributed by atoms with Gasteiger partial charge in [-0.15, -0.1) is 0 Å². The molecule has 0 saturated heterocycles. The van der Waals surface area contributed by atoms with Crippen LogP contribution in [0.2, 0.25) is 0 Å². The third kappa shape index (κ3) is 4.64. The second-order valence-corrected chi connectivity index (χ2v) is 8.46. The monoisotopic (exact) mass is 481 g/mol. The highest BCUT2D eigenvalue weighted by atomic mass is 79.9. The van der Waals surface area contributed by atoms with Gasteiger partial charge in [-0.2, -0.15) is 5.10 Å². The van der Waals surface area contributed by atoms with Crippen molar-refractivity contribution in [3.8, 4) is 0 Å². The first-order valence-corrected chi connectivity index (χ1v) is 10.9. The first kappa shape index (κ1) is 21.1. The van der Waals surface area contributed by atoms with E-state index in [9.17, 15) is 9.59 Å². The number of carbonyl (C=O) groups excluding carboxylic acids is 2. The Morgan fingerprint density at radius 3 is 2.52 bits per heavy atom. The summed E-state index contributed by atoms with van der Waals surface area (Å²) >= 11 is 3.40. The van der Waals surface area contributed by atoms with E-state index in [4.69, 9.17) is 0 Å². The van der Waals surface area contributed by atoms with E-state index in [1.54, 1.807) is 16.7 Å². The summed E-state index contributed by atoms with van der Waals surface area (Å²) < 4.78 is 2.83. The van der Waals surface area contributed by atoms with Crippen LogP contribution < -0.4 is 10.2 Å². The van der Waals surface area contributed by atoms with Crippen LogP contribution in [0.5, 0.6) is 0 Å². The number of amides is 3. The zero-order valence-corrected chi connectivity index (χ0v) is 19.1. The normalized spacial score (nSPS) is 12.9. The highest BCUT2D eigenvalue weighted by Crippen LogP contribution is 2.26. The van der Waals surface area contributed by atoms with Gasteiger partial charge in [0.2, 0.25) is 5.91 Å². The van der Waals surface area contributed by atoms with Crippen LogP contribution in [0.3, 0.4) is 0 Å². The number of nitrogens with one attached hydrogen (secondary N) is 1. The molecule has 8 heteroatoms. The van der Waals surface area contributed by atoms with Crippen LogP contribution in [-0.4, -0.2) is 33.2 Å². The molecule has 1 aromatic heterocycles. The zero-order chi connectivity index (χ0) is 22.0. The first-order valence-electron chi connectivity index (χ1n) is 10.1. The molecule has 0 spiro atoms. The molecule has 31 heavy (non-hydrogen) atoms. The molecule has 3 aromatic rings. The summed E-state index contributed by atoms with van der Waals surface area (Å²) in [5.74, 6) is -0.0498. The average molecular weight is 482 g/mol. The Balaban J connectivity index is 1.54. The minimum absolute atomic E-state index is 0.0498. The largest absolute Gasteiger partial charge is 0.322 e. The third-order valence-electron chi connectivity index (χ3n) is 5.46. The highest BCUT2D eigenvalue weighted by Gasteiger charge is 2.28. The second-order valence-electron chi connectivity index (χ2n) is 7.54. The van der Waals surface area contributed by atoms with E-state index >= 15 is 0 Å². The lowest BCUT2D eigenvalue weighted by molar-refractivity contribution is -0.116. The van der Waals surface area contributed by atoms with Crippen molar-refractivity contribution in [1.82, 2.24) is 14.7 Å². The summed E-state index contributed by atoms with van der Waals surface area (Å²) in [7, 11) is 1.92. The van der Waals surface area contributed by atoms with Crippen molar-refractivity contribution in [2.75, 3.05) is 16.8 Å². The number of anilines is 2. The molecule has 0 aliphatic carbocycles. The molecule has 0 radical (unpaired) electrons. The third-order valence-corrected chi connectivity index (χ3v) is 5.99. The number of rotatable bonds is 4. The fourth-order valence-corrected chi connectivity index (χ4v) is 4.11. The average Bonchev–Trinajstić information content (AvgIpc) is 3.08. The van der Waals surface area contributed by atoms with Crippen LogP contribution in [0.4, 0.5) is 16.2 Å². The van der Waals surface area contributed by atoms with E-state index in [2.05, 4.69) is 26.3 Å². The molecule has 0 fully saturated rings. The number of fused-ring (bicyclic) bond motifs is 1. The van der Waals surface area contributed by atoms with Gasteiger partial charge in [0.25, 0.3) is 0 Å². The summed E-state index contributed by atoms with van der Waals surface area (Å²) in [5, 5.41) is 7.64. The molecule has 160 valence electrons. The second kappa shape index (κ2) is 8.93. The fourth-order valence-electron chi connectivity index (χ4n) is 3.85. The van der Waals surface area contributed by atoms with E-state index in [1.807, 2.05) is 66.3 Å². The predicted octanol–water partition coefficient (Wildman–Crippen LogP) is 4.33. The maximum absolute atomic E-state index is 12.8. The van der Waals surface area contributed by atoms with Crippen molar-refractivity contribution in [2.24, 2.45) is 7.05 Å². The maximum Gasteiger partial charge on any atom is 0.322 e. The fraction of sp³-hybridized carbons (Fsp3) is 0.261. The van der Waals surface area contributed by atoms with Crippen molar-refractivity contribution < 1.29 is 9.59 Å². The quantitative estimate of drug-likeness (QED) is 0.602. The molecule has 2 aromatic carbocycles. The Morgan fingerprint density at radius 2 is 1.84 bits per heavy atom. The Morgan fingerprint density at radius 1 is 1.13 bits per heavy atom. The van der Waals surface area contributed by atoms with Crippen LogP contribution in [0, 0.1) is 0 Å². The van der Waals surface area contributed by atoms with Gasteiger partial charge >= 0.3 is 6.03 Å². The summed E-state index contributed by atoms with van der Waals surface area (Å²) in [4.78, 5) is 28.7. The van der Waals surface area contributed by atoms with Crippen LogP contribution >= 0.6 is 15.9 Å². The summed E-state index contributed by atoms with van der Waals surface area (Å²) in [5.41, 5.74) is 4.52. The molecule has 7 nitrogen and oxygen atoms in total. The smallest absolute Gasteiger partial charge is 0.320 e. The van der Waals surface area contributed by atoms with Crippen molar-refractivity contribution >= 4 is 39.2 Å². The molecule has 3 amide bonds. The van der Waals surface area contributed by atoms with Gasteiger partial charge < -0.3 is 15.1 Å². The van der Waals surface area contributed by atoms with Gasteiger partial charge in [-0.3, -0.25) is 9.48 Å². The number of hydrogen-bond donors (Lipinski definition) is 1. The lowest BCUT2D eigenvalue weighted by Crippen LogP contribution is -2.39. The van der Waals surface area contributed by atoms with Gasteiger partial charge in [0, 0.05) is 54.0 Å². The highest BCUT2D eigenvalue weighted by molar-refractivity contribution is 9.10. The Kier molecular flexibility index (Phi) is 6.08. The maximum atomic E-state index is 12.8. The molecule has 0 unspecified atom stereocenters. The Hall–Kier alpha value is -3.13. The summed E-state index contributed by atoms with van der Waals surface area (Å²) in [6.07, 6.45) is 0.720. The Bertz CT molecular complexity index is 1100. The van der Waals surface area contributed by atoms with Crippen LogP contribution in [0.25, 0.3) is 0 Å². The molecular weight excluding hydrogens is 458 g/mol. The van der Waals surface area contributed by atoms with E-state index in [0.29, 0.717) is 19.6 Å². The lowest BCUT2D eigenvalue weighted by atomic mass is 10.0. The van der Waals surface area contributed by atoms with Crippen molar-refractivity contribution in [2.45, 2.75) is 26.4 Å². The van der Waals surface area contributed by atoms with Gasteiger partial charge in [-0.25, -0.2) is 4.79 Å². The van der Waals surface area contributed by atoms with Gasteiger partial charge in [-0.05, 0) is 36.4 Å². The molecule has 1 aliphatic heterocycles. The predicted molar refractivity (Wildman–Crippen MR) is 124 cm³/mol. The van der Waals surface area contributed by atoms with E-state index in [1.165, 1.54) is 0 Å². The van der Waals surface area contributed by atoms with Gasteiger partial charge in [0.05, 0.1) is 18.8 Å². The summed E-state index contributed by atoms with van der Waals surface area (Å²) in [6, 6.07) is 16.9. The summed E-state index contributed by atoms with van der Waals surface area (Å²) in [6.45, 7) is 3.00. The van der Waals surface area contributed by atoms with Crippen molar-refractivity contribution in [3.05, 3.63) is 76.0 Å². The molecular formula is C23H24BrN5O2.